The molecule has 1 N–H and O–H groups in total. The van der Waals surface area contributed by atoms with Crippen molar-refractivity contribution in [1.29, 1.82) is 0 Å². The highest BCUT2D eigenvalue weighted by atomic mass is 16.2. The van der Waals surface area contributed by atoms with Crippen LogP contribution in [0.4, 0.5) is 5.69 Å². The van der Waals surface area contributed by atoms with Crippen molar-refractivity contribution in [2.45, 2.75) is 67.9 Å². The second kappa shape index (κ2) is 8.55. The first-order chi connectivity index (χ1) is 12.7. The Morgan fingerprint density at radius 3 is 2.07 bits per heavy atom. The summed E-state index contributed by atoms with van der Waals surface area (Å²) in [5.74, 6) is 0.112. The predicted octanol–water partition coefficient (Wildman–Crippen LogP) is 4.81. The number of nitrogens with zero attached hydrogens (tertiary/aromatic N) is 1. The SMILES string of the molecule is CCc1cccc(CC)c1NC(=O)c1c(C)n(CC(C)C)c(C)c(C)c1=O. The summed E-state index contributed by atoms with van der Waals surface area (Å²) in [6.07, 6.45) is 1.65. The molecule has 1 aromatic heterocycles. The zero-order valence-electron chi connectivity index (χ0n) is 17.7. The van der Waals surface area contributed by atoms with Crippen molar-refractivity contribution in [3.63, 3.8) is 0 Å². The number of carbonyl (C=O) groups is 1. The summed E-state index contributed by atoms with van der Waals surface area (Å²) in [7, 11) is 0. The van der Waals surface area contributed by atoms with Gasteiger partial charge in [-0.2, -0.15) is 0 Å². The minimum absolute atomic E-state index is 0.172. The molecule has 0 radical (unpaired) electrons. The summed E-state index contributed by atoms with van der Waals surface area (Å²) >= 11 is 0. The van der Waals surface area contributed by atoms with E-state index < -0.39 is 0 Å². The van der Waals surface area contributed by atoms with Crippen LogP contribution >= 0.6 is 0 Å². The number of nitrogens with one attached hydrogen (secondary N) is 1. The van der Waals surface area contributed by atoms with Crippen molar-refractivity contribution in [3.05, 3.63) is 62.1 Å². The number of hydrogen-bond acceptors (Lipinski definition) is 2. The van der Waals surface area contributed by atoms with Gasteiger partial charge in [0.05, 0.1) is 0 Å². The lowest BCUT2D eigenvalue weighted by Gasteiger charge is -2.22. The van der Waals surface area contributed by atoms with Crippen LogP contribution in [0.2, 0.25) is 0 Å². The molecule has 0 atom stereocenters. The number of anilines is 1. The third-order valence-corrected chi connectivity index (χ3v) is 5.29. The van der Waals surface area contributed by atoms with Gasteiger partial charge in [-0.3, -0.25) is 9.59 Å². The van der Waals surface area contributed by atoms with Gasteiger partial charge in [0.15, 0.2) is 5.43 Å². The van der Waals surface area contributed by atoms with Crippen molar-refractivity contribution in [2.24, 2.45) is 5.92 Å². The molecule has 0 aliphatic heterocycles. The number of aromatic nitrogens is 1. The van der Waals surface area contributed by atoms with Crippen molar-refractivity contribution in [1.82, 2.24) is 4.57 Å². The fraction of sp³-hybridized carbons (Fsp3) is 0.478. The maximum Gasteiger partial charge on any atom is 0.261 e. The van der Waals surface area contributed by atoms with Gasteiger partial charge in [0.2, 0.25) is 0 Å². The van der Waals surface area contributed by atoms with Gasteiger partial charge in [0.1, 0.15) is 5.56 Å². The molecule has 0 saturated heterocycles. The molecule has 146 valence electrons. The molecule has 0 saturated carbocycles. The van der Waals surface area contributed by atoms with Gasteiger partial charge in [-0.1, -0.05) is 45.9 Å². The Labute approximate surface area is 162 Å². The number of hydrogen-bond donors (Lipinski definition) is 1. The highest BCUT2D eigenvalue weighted by molar-refractivity contribution is 6.06. The van der Waals surface area contributed by atoms with Crippen LogP contribution in [-0.4, -0.2) is 10.5 Å². The first kappa shape index (κ1) is 20.9. The van der Waals surface area contributed by atoms with E-state index in [1.165, 1.54) is 0 Å². The van der Waals surface area contributed by atoms with Crippen molar-refractivity contribution >= 4 is 11.6 Å². The van der Waals surface area contributed by atoms with Crippen LogP contribution in [0, 0.1) is 26.7 Å². The molecule has 1 heterocycles. The van der Waals surface area contributed by atoms with Crippen molar-refractivity contribution < 1.29 is 4.79 Å². The Hall–Kier alpha value is -2.36. The van der Waals surface area contributed by atoms with Gasteiger partial charge in [-0.25, -0.2) is 0 Å². The molecule has 4 nitrogen and oxygen atoms in total. The van der Waals surface area contributed by atoms with Crippen molar-refractivity contribution in [3.8, 4) is 0 Å². The summed E-state index contributed by atoms with van der Waals surface area (Å²) in [6.45, 7) is 14.8. The van der Waals surface area contributed by atoms with E-state index in [2.05, 4.69) is 37.6 Å². The Balaban J connectivity index is 2.58. The molecule has 2 aromatic rings. The topological polar surface area (TPSA) is 51.1 Å². The van der Waals surface area contributed by atoms with Crippen LogP contribution in [0.3, 0.4) is 0 Å². The normalized spacial score (nSPS) is 11.1. The Morgan fingerprint density at radius 2 is 1.59 bits per heavy atom. The average molecular weight is 369 g/mol. The van der Waals surface area contributed by atoms with E-state index in [9.17, 15) is 9.59 Å². The molecule has 0 fully saturated rings. The maximum atomic E-state index is 13.2. The fourth-order valence-electron chi connectivity index (χ4n) is 3.59. The number of carbonyl (C=O) groups excluding carboxylic acids is 1. The van der Waals surface area contributed by atoms with Crippen molar-refractivity contribution in [2.75, 3.05) is 5.32 Å². The number of benzene rings is 1. The van der Waals surface area contributed by atoms with Gasteiger partial charge in [0, 0.05) is 29.2 Å². The van der Waals surface area contributed by atoms with Crippen LogP contribution in [0.15, 0.2) is 23.0 Å². The number of para-hydroxylation sites is 1. The third-order valence-electron chi connectivity index (χ3n) is 5.29. The summed E-state index contributed by atoms with van der Waals surface area (Å²) < 4.78 is 2.10. The van der Waals surface area contributed by atoms with E-state index in [0.29, 0.717) is 11.5 Å². The summed E-state index contributed by atoms with van der Waals surface area (Å²) in [5.41, 5.74) is 5.43. The molecule has 1 amide bonds. The van der Waals surface area contributed by atoms with Crippen LogP contribution in [0.25, 0.3) is 0 Å². The van der Waals surface area contributed by atoms with Gasteiger partial charge in [-0.15, -0.1) is 0 Å². The van der Waals surface area contributed by atoms with E-state index in [1.807, 2.05) is 39.0 Å². The molecule has 0 unspecified atom stereocenters. The number of aryl methyl sites for hydroxylation is 2. The Kier molecular flexibility index (Phi) is 6.63. The second-order valence-electron chi connectivity index (χ2n) is 7.62. The molecule has 0 aliphatic rings. The lowest BCUT2D eigenvalue weighted by atomic mass is 10.0. The molecule has 0 aliphatic carbocycles. The largest absolute Gasteiger partial charge is 0.348 e. The lowest BCUT2D eigenvalue weighted by molar-refractivity contribution is 0.102. The molecule has 27 heavy (non-hydrogen) atoms. The maximum absolute atomic E-state index is 13.2. The van der Waals surface area contributed by atoms with Gasteiger partial charge in [0.25, 0.3) is 5.91 Å². The van der Waals surface area contributed by atoms with E-state index in [-0.39, 0.29) is 16.9 Å². The number of amides is 1. The number of rotatable bonds is 6. The zero-order chi connectivity index (χ0) is 20.3. The van der Waals surface area contributed by atoms with Crippen LogP contribution < -0.4 is 10.7 Å². The highest BCUT2D eigenvalue weighted by Gasteiger charge is 2.22. The van der Waals surface area contributed by atoms with Crippen LogP contribution in [0.1, 0.15) is 66.1 Å². The quantitative estimate of drug-likeness (QED) is 0.796. The third kappa shape index (κ3) is 4.15. The molecule has 2 rings (SSSR count). The highest BCUT2D eigenvalue weighted by Crippen LogP contribution is 2.24. The molecule has 4 heteroatoms. The Morgan fingerprint density at radius 1 is 1.04 bits per heavy atom. The minimum Gasteiger partial charge on any atom is -0.348 e. The average Bonchev–Trinajstić information content (AvgIpc) is 2.63. The number of pyridine rings is 1. The smallest absolute Gasteiger partial charge is 0.261 e. The standard InChI is InChI=1S/C23H32N2O2/c1-8-18-11-10-12-19(9-2)21(18)24-23(27)20-17(7)25(13-14(3)4)16(6)15(5)22(20)26/h10-12,14H,8-9,13H2,1-7H3,(H,24,27). The Bertz CT molecular complexity index is 885. The van der Waals surface area contributed by atoms with Gasteiger partial charge in [-0.05, 0) is 50.7 Å². The first-order valence-electron chi connectivity index (χ1n) is 9.85. The molecule has 1 aromatic carbocycles. The monoisotopic (exact) mass is 368 g/mol. The molecule has 0 spiro atoms. The van der Waals surface area contributed by atoms with Gasteiger partial charge >= 0.3 is 0 Å². The van der Waals surface area contributed by atoms with Crippen LogP contribution in [0.5, 0.6) is 0 Å². The lowest BCUT2D eigenvalue weighted by Crippen LogP contribution is -2.30. The van der Waals surface area contributed by atoms with Crippen LogP contribution in [-0.2, 0) is 19.4 Å². The first-order valence-corrected chi connectivity index (χ1v) is 9.85. The zero-order valence-corrected chi connectivity index (χ0v) is 17.7. The fourth-order valence-corrected chi connectivity index (χ4v) is 3.59. The molecular weight excluding hydrogens is 336 g/mol. The predicted molar refractivity (Wildman–Crippen MR) is 113 cm³/mol. The van der Waals surface area contributed by atoms with E-state index in [4.69, 9.17) is 0 Å². The van der Waals surface area contributed by atoms with E-state index >= 15 is 0 Å². The summed E-state index contributed by atoms with van der Waals surface area (Å²) in [5, 5.41) is 3.05. The van der Waals surface area contributed by atoms with Gasteiger partial charge < -0.3 is 9.88 Å². The summed E-state index contributed by atoms with van der Waals surface area (Å²) in [6, 6.07) is 6.07. The van der Waals surface area contributed by atoms with E-state index in [1.54, 1.807) is 0 Å². The summed E-state index contributed by atoms with van der Waals surface area (Å²) in [4.78, 5) is 26.1. The molecular formula is C23H32N2O2. The van der Waals surface area contributed by atoms with E-state index in [0.717, 1.165) is 47.6 Å². The second-order valence-corrected chi connectivity index (χ2v) is 7.62. The minimum atomic E-state index is -0.311. The molecule has 0 bridgehead atoms.